The van der Waals surface area contributed by atoms with Gasteiger partial charge in [0.2, 0.25) is 5.91 Å². The van der Waals surface area contributed by atoms with Crippen molar-refractivity contribution in [3.63, 3.8) is 0 Å². The van der Waals surface area contributed by atoms with Gasteiger partial charge in [-0.15, -0.1) is 12.4 Å². The monoisotopic (exact) mass is 391 g/mol. The molecule has 1 aromatic heterocycles. The first-order valence-corrected chi connectivity index (χ1v) is 9.30. The van der Waals surface area contributed by atoms with E-state index in [9.17, 15) is 4.79 Å². The zero-order valence-electron chi connectivity index (χ0n) is 16.3. The summed E-state index contributed by atoms with van der Waals surface area (Å²) in [6.45, 7) is 7.14. The second-order valence-electron chi connectivity index (χ2n) is 7.19. The van der Waals surface area contributed by atoms with Crippen LogP contribution in [0.15, 0.2) is 36.7 Å². The number of carbonyl (C=O) groups excluding carboxylic acids is 1. The summed E-state index contributed by atoms with van der Waals surface area (Å²) in [7, 11) is 2.00. The quantitative estimate of drug-likeness (QED) is 0.788. The van der Waals surface area contributed by atoms with Crippen LogP contribution in [0.25, 0.3) is 0 Å². The van der Waals surface area contributed by atoms with Gasteiger partial charge in [-0.05, 0) is 31.4 Å². The molecule has 1 amide bonds. The van der Waals surface area contributed by atoms with Gasteiger partial charge in [0, 0.05) is 45.1 Å². The molecule has 7 heteroatoms. The van der Waals surface area contributed by atoms with Crippen LogP contribution in [0.4, 0.5) is 0 Å². The van der Waals surface area contributed by atoms with Crippen molar-refractivity contribution in [3.05, 3.63) is 53.6 Å². The first-order chi connectivity index (χ1) is 12.5. The molecule has 148 valence electrons. The Morgan fingerprint density at radius 3 is 2.89 bits per heavy atom. The van der Waals surface area contributed by atoms with Gasteiger partial charge in [0.25, 0.3) is 0 Å². The highest BCUT2D eigenvalue weighted by atomic mass is 35.5. The summed E-state index contributed by atoms with van der Waals surface area (Å²) in [6.07, 6.45) is 4.61. The number of piperazine rings is 1. The Balaban J connectivity index is 0.00000261. The third-order valence-electron chi connectivity index (χ3n) is 5.05. The first-order valence-electron chi connectivity index (χ1n) is 9.30. The largest absolute Gasteiger partial charge is 0.352 e. The van der Waals surface area contributed by atoms with Gasteiger partial charge >= 0.3 is 0 Å². The molecule has 0 aliphatic carbocycles. The van der Waals surface area contributed by atoms with Crippen molar-refractivity contribution >= 4 is 18.3 Å². The standard InChI is InChI=1S/C20H29N5O.ClH/c1-15-6-4-5-7-17(15)12-16(2)23-19(26)14-25-11-8-21-13-18(25)20-22-9-10-24(20)3;/h4-7,9-10,16,18,21H,8,11-14H2,1-3H3,(H,23,26);1H. The summed E-state index contributed by atoms with van der Waals surface area (Å²) in [6, 6.07) is 8.58. The zero-order valence-corrected chi connectivity index (χ0v) is 17.1. The Hall–Kier alpha value is -1.89. The molecule has 0 bridgehead atoms. The summed E-state index contributed by atoms with van der Waals surface area (Å²) < 4.78 is 2.03. The van der Waals surface area contributed by atoms with Crippen LogP contribution in [0.5, 0.6) is 0 Å². The highest BCUT2D eigenvalue weighted by Gasteiger charge is 2.28. The molecule has 2 heterocycles. The lowest BCUT2D eigenvalue weighted by molar-refractivity contribution is -0.123. The summed E-state index contributed by atoms with van der Waals surface area (Å²) in [5.74, 6) is 1.07. The van der Waals surface area contributed by atoms with Gasteiger partial charge < -0.3 is 15.2 Å². The number of imidazole rings is 1. The molecule has 1 saturated heterocycles. The Bertz CT molecular complexity index is 747. The van der Waals surface area contributed by atoms with Crippen LogP contribution in [-0.2, 0) is 18.3 Å². The van der Waals surface area contributed by atoms with E-state index >= 15 is 0 Å². The molecule has 1 aromatic carbocycles. The second kappa shape index (κ2) is 9.88. The highest BCUT2D eigenvalue weighted by molar-refractivity contribution is 5.85. The van der Waals surface area contributed by atoms with Crippen LogP contribution in [0.3, 0.4) is 0 Å². The maximum Gasteiger partial charge on any atom is 0.234 e. The fourth-order valence-electron chi connectivity index (χ4n) is 3.61. The predicted octanol–water partition coefficient (Wildman–Crippen LogP) is 1.84. The van der Waals surface area contributed by atoms with E-state index in [-0.39, 0.29) is 30.4 Å². The summed E-state index contributed by atoms with van der Waals surface area (Å²) >= 11 is 0. The molecule has 1 fully saturated rings. The number of benzene rings is 1. The van der Waals surface area contributed by atoms with Crippen LogP contribution in [-0.4, -0.2) is 52.6 Å². The number of carbonyl (C=O) groups is 1. The van der Waals surface area contributed by atoms with Gasteiger partial charge in [-0.3, -0.25) is 9.69 Å². The van der Waals surface area contributed by atoms with Gasteiger partial charge in [0.15, 0.2) is 0 Å². The van der Waals surface area contributed by atoms with E-state index in [1.807, 2.05) is 30.1 Å². The number of aromatic nitrogens is 2. The van der Waals surface area contributed by atoms with E-state index in [0.29, 0.717) is 6.54 Å². The van der Waals surface area contributed by atoms with Crippen LogP contribution in [0.2, 0.25) is 0 Å². The van der Waals surface area contributed by atoms with Gasteiger partial charge in [-0.2, -0.15) is 0 Å². The van der Waals surface area contributed by atoms with Crippen LogP contribution in [0.1, 0.15) is 29.9 Å². The second-order valence-corrected chi connectivity index (χ2v) is 7.19. The molecule has 2 N–H and O–H groups in total. The van der Waals surface area contributed by atoms with E-state index in [4.69, 9.17) is 0 Å². The van der Waals surface area contributed by atoms with Crippen LogP contribution < -0.4 is 10.6 Å². The van der Waals surface area contributed by atoms with Crippen molar-refractivity contribution in [2.24, 2.45) is 7.05 Å². The van der Waals surface area contributed by atoms with E-state index in [1.54, 1.807) is 0 Å². The minimum Gasteiger partial charge on any atom is -0.352 e. The smallest absolute Gasteiger partial charge is 0.234 e. The number of hydrogen-bond acceptors (Lipinski definition) is 4. The Labute approximate surface area is 167 Å². The molecule has 6 nitrogen and oxygen atoms in total. The minimum absolute atomic E-state index is 0. The van der Waals surface area contributed by atoms with Crippen molar-refractivity contribution in [2.45, 2.75) is 32.4 Å². The van der Waals surface area contributed by atoms with Gasteiger partial charge in [0.1, 0.15) is 5.82 Å². The van der Waals surface area contributed by atoms with E-state index in [1.165, 1.54) is 11.1 Å². The topological polar surface area (TPSA) is 62.2 Å². The lowest BCUT2D eigenvalue weighted by Gasteiger charge is -2.35. The molecule has 3 rings (SSSR count). The number of halogens is 1. The highest BCUT2D eigenvalue weighted by Crippen LogP contribution is 2.19. The van der Waals surface area contributed by atoms with E-state index < -0.39 is 0 Å². The average molecular weight is 392 g/mol. The maximum atomic E-state index is 12.6. The fraction of sp³-hybridized carbons (Fsp3) is 0.500. The Kier molecular flexibility index (Phi) is 7.83. The van der Waals surface area contributed by atoms with E-state index in [2.05, 4.69) is 52.6 Å². The third-order valence-corrected chi connectivity index (χ3v) is 5.05. The van der Waals surface area contributed by atoms with Crippen molar-refractivity contribution < 1.29 is 4.79 Å². The Morgan fingerprint density at radius 2 is 2.19 bits per heavy atom. The molecule has 27 heavy (non-hydrogen) atoms. The predicted molar refractivity (Wildman–Crippen MR) is 110 cm³/mol. The molecule has 0 radical (unpaired) electrons. The van der Waals surface area contributed by atoms with Gasteiger partial charge in [-0.25, -0.2) is 4.98 Å². The number of nitrogens with one attached hydrogen (secondary N) is 2. The van der Waals surface area contributed by atoms with Gasteiger partial charge in [0.05, 0.1) is 12.6 Å². The molecule has 2 unspecified atom stereocenters. The molecule has 1 aliphatic rings. The number of rotatable bonds is 6. The number of hydrogen-bond donors (Lipinski definition) is 2. The normalized spacial score (nSPS) is 18.6. The number of aryl methyl sites for hydroxylation is 2. The average Bonchev–Trinajstić information content (AvgIpc) is 3.03. The molecule has 0 spiro atoms. The van der Waals surface area contributed by atoms with E-state index in [0.717, 1.165) is 31.9 Å². The number of nitrogens with zero attached hydrogens (tertiary/aromatic N) is 3. The molecular weight excluding hydrogens is 362 g/mol. The van der Waals surface area contributed by atoms with Crippen molar-refractivity contribution in [2.75, 3.05) is 26.2 Å². The molecule has 1 aliphatic heterocycles. The molecular formula is C20H30ClN5O. The van der Waals surface area contributed by atoms with Gasteiger partial charge in [-0.1, -0.05) is 24.3 Å². The van der Waals surface area contributed by atoms with Crippen LogP contribution >= 0.6 is 12.4 Å². The summed E-state index contributed by atoms with van der Waals surface area (Å²) in [4.78, 5) is 19.3. The number of amides is 1. The molecule has 0 saturated carbocycles. The van der Waals surface area contributed by atoms with Crippen molar-refractivity contribution in [3.8, 4) is 0 Å². The lowest BCUT2D eigenvalue weighted by atomic mass is 10.0. The Morgan fingerprint density at radius 1 is 1.41 bits per heavy atom. The maximum absolute atomic E-state index is 12.6. The third kappa shape index (κ3) is 5.54. The SMILES string of the molecule is Cc1ccccc1CC(C)NC(=O)CN1CCNCC1c1nccn1C.Cl. The zero-order chi connectivity index (χ0) is 18.5. The van der Waals surface area contributed by atoms with Crippen LogP contribution in [0, 0.1) is 6.92 Å². The summed E-state index contributed by atoms with van der Waals surface area (Å²) in [5.41, 5.74) is 2.55. The fourth-order valence-corrected chi connectivity index (χ4v) is 3.61. The minimum atomic E-state index is 0. The first kappa shape index (κ1) is 21.4. The molecule has 2 atom stereocenters. The summed E-state index contributed by atoms with van der Waals surface area (Å²) in [5, 5.41) is 6.56. The van der Waals surface area contributed by atoms with Crippen molar-refractivity contribution in [1.29, 1.82) is 0 Å². The van der Waals surface area contributed by atoms with Crippen molar-refractivity contribution in [1.82, 2.24) is 25.1 Å². The lowest BCUT2D eigenvalue weighted by Crippen LogP contribution is -2.51. The molecule has 2 aromatic rings.